The smallest absolute Gasteiger partial charge is 0.292 e. The van der Waals surface area contributed by atoms with Gasteiger partial charge < -0.3 is 5.32 Å². The van der Waals surface area contributed by atoms with E-state index in [1.54, 1.807) is 19.1 Å². The van der Waals surface area contributed by atoms with Gasteiger partial charge in [-0.3, -0.25) is 19.8 Å². The molecule has 0 bridgehead atoms. The van der Waals surface area contributed by atoms with Gasteiger partial charge in [-0.25, -0.2) is 4.68 Å². The number of nitro benzene ring substituents is 1. The highest BCUT2D eigenvalue weighted by atomic mass is 16.6. The Morgan fingerprint density at radius 2 is 1.80 bits per heavy atom. The molecule has 0 saturated heterocycles. The first kappa shape index (κ1) is 21.2. The second kappa shape index (κ2) is 8.87. The van der Waals surface area contributed by atoms with Crippen molar-refractivity contribution in [3.63, 3.8) is 0 Å². The van der Waals surface area contributed by atoms with Crippen LogP contribution in [0, 0.1) is 24.0 Å². The highest BCUT2D eigenvalue weighted by molar-refractivity contribution is 5.96. The molecule has 3 aromatic rings. The van der Waals surface area contributed by atoms with Crippen molar-refractivity contribution >= 4 is 17.3 Å². The van der Waals surface area contributed by atoms with Gasteiger partial charge >= 0.3 is 0 Å². The fraction of sp³-hybridized carbons (Fsp3) is 0.273. The number of para-hydroxylation sites is 3. The van der Waals surface area contributed by atoms with Gasteiger partial charge in [-0.15, -0.1) is 0 Å². The molecule has 1 atom stereocenters. The van der Waals surface area contributed by atoms with Crippen LogP contribution in [-0.2, 0) is 11.3 Å². The zero-order valence-electron chi connectivity index (χ0n) is 17.5. The fourth-order valence-corrected chi connectivity index (χ4v) is 3.29. The van der Waals surface area contributed by atoms with Crippen LogP contribution in [0.2, 0.25) is 0 Å². The van der Waals surface area contributed by atoms with Crippen LogP contribution in [0.1, 0.15) is 23.9 Å². The number of aryl methyl sites for hydroxylation is 1. The highest BCUT2D eigenvalue weighted by Crippen LogP contribution is 2.24. The van der Waals surface area contributed by atoms with Crippen molar-refractivity contribution < 1.29 is 9.72 Å². The number of benzene rings is 2. The van der Waals surface area contributed by atoms with Gasteiger partial charge in [0.2, 0.25) is 5.91 Å². The maximum absolute atomic E-state index is 12.7. The SMILES string of the molecule is Cc1nn(-c2ccccc2)c(C)c1CN(C)[C@@H](C)C(=O)Nc1ccccc1[N+](=O)[O-]. The molecule has 1 N–H and O–H groups in total. The molecule has 30 heavy (non-hydrogen) atoms. The molecule has 8 nitrogen and oxygen atoms in total. The normalized spacial score (nSPS) is 12.0. The zero-order chi connectivity index (χ0) is 21.8. The lowest BCUT2D eigenvalue weighted by molar-refractivity contribution is -0.383. The van der Waals surface area contributed by atoms with Gasteiger partial charge in [0.1, 0.15) is 5.69 Å². The number of aromatic nitrogens is 2. The van der Waals surface area contributed by atoms with Crippen molar-refractivity contribution in [1.82, 2.24) is 14.7 Å². The quantitative estimate of drug-likeness (QED) is 0.474. The second-order valence-corrected chi connectivity index (χ2v) is 7.25. The summed E-state index contributed by atoms with van der Waals surface area (Å²) in [5.74, 6) is -0.308. The molecule has 0 aliphatic heterocycles. The minimum Gasteiger partial charge on any atom is -0.319 e. The number of nitrogens with one attached hydrogen (secondary N) is 1. The molecule has 1 heterocycles. The molecule has 8 heteroatoms. The summed E-state index contributed by atoms with van der Waals surface area (Å²) in [6.45, 7) is 6.26. The number of nitro groups is 1. The minimum absolute atomic E-state index is 0.128. The maximum Gasteiger partial charge on any atom is 0.292 e. The molecule has 1 amide bonds. The molecule has 1 aromatic heterocycles. The minimum atomic E-state index is -0.505. The van der Waals surface area contributed by atoms with Gasteiger partial charge in [0.05, 0.1) is 22.3 Å². The summed E-state index contributed by atoms with van der Waals surface area (Å²) in [5.41, 5.74) is 4.00. The molecule has 0 spiro atoms. The highest BCUT2D eigenvalue weighted by Gasteiger charge is 2.23. The lowest BCUT2D eigenvalue weighted by atomic mass is 10.1. The molecule has 3 rings (SSSR count). The van der Waals surface area contributed by atoms with Gasteiger partial charge in [-0.2, -0.15) is 5.10 Å². The molecule has 0 radical (unpaired) electrons. The Kier molecular flexibility index (Phi) is 6.27. The first-order chi connectivity index (χ1) is 14.3. The average molecular weight is 407 g/mol. The van der Waals surface area contributed by atoms with Gasteiger partial charge in [0.25, 0.3) is 5.69 Å². The Labute approximate surface area is 175 Å². The van der Waals surface area contributed by atoms with E-state index in [-0.39, 0.29) is 17.3 Å². The van der Waals surface area contributed by atoms with E-state index >= 15 is 0 Å². The van der Waals surface area contributed by atoms with Crippen LogP contribution in [0.25, 0.3) is 5.69 Å². The van der Waals surface area contributed by atoms with Crippen LogP contribution in [-0.4, -0.2) is 38.6 Å². The molecular formula is C22H25N5O3. The van der Waals surface area contributed by atoms with Crippen molar-refractivity contribution in [2.75, 3.05) is 12.4 Å². The number of likely N-dealkylation sites (N-methyl/N-ethyl adjacent to an activating group) is 1. The van der Waals surface area contributed by atoms with Crippen LogP contribution in [0.15, 0.2) is 54.6 Å². The summed E-state index contributed by atoms with van der Waals surface area (Å²) >= 11 is 0. The Bertz CT molecular complexity index is 1060. The van der Waals surface area contributed by atoms with Gasteiger partial charge in [-0.05, 0) is 46.0 Å². The third kappa shape index (κ3) is 4.38. The summed E-state index contributed by atoms with van der Waals surface area (Å²) in [6.07, 6.45) is 0. The van der Waals surface area contributed by atoms with Crippen LogP contribution in [0.5, 0.6) is 0 Å². The third-order valence-corrected chi connectivity index (χ3v) is 5.25. The lowest BCUT2D eigenvalue weighted by Crippen LogP contribution is -2.39. The number of hydrogen-bond acceptors (Lipinski definition) is 5. The van der Waals surface area contributed by atoms with E-state index in [0.29, 0.717) is 6.54 Å². The van der Waals surface area contributed by atoms with E-state index < -0.39 is 11.0 Å². The Morgan fingerprint density at radius 1 is 1.17 bits per heavy atom. The Hall–Kier alpha value is -3.52. The first-order valence-corrected chi connectivity index (χ1v) is 9.64. The van der Waals surface area contributed by atoms with E-state index in [1.807, 2.05) is 60.8 Å². The Balaban J connectivity index is 1.75. The number of rotatable bonds is 7. The third-order valence-electron chi connectivity index (χ3n) is 5.25. The second-order valence-electron chi connectivity index (χ2n) is 7.25. The van der Waals surface area contributed by atoms with Gasteiger partial charge in [-0.1, -0.05) is 30.3 Å². The predicted octanol–water partition coefficient (Wildman–Crippen LogP) is 3.86. The first-order valence-electron chi connectivity index (χ1n) is 9.64. The summed E-state index contributed by atoms with van der Waals surface area (Å²) in [7, 11) is 1.85. The van der Waals surface area contributed by atoms with E-state index in [1.165, 1.54) is 12.1 Å². The topological polar surface area (TPSA) is 93.3 Å². The molecule has 0 aliphatic carbocycles. The summed E-state index contributed by atoms with van der Waals surface area (Å²) in [5, 5.41) is 18.5. The molecule has 0 unspecified atom stereocenters. The molecule has 0 saturated carbocycles. The molecular weight excluding hydrogens is 382 g/mol. The van der Waals surface area contributed by atoms with Crippen LogP contribution in [0.4, 0.5) is 11.4 Å². The van der Waals surface area contributed by atoms with Crippen molar-refractivity contribution in [3.8, 4) is 5.69 Å². The molecule has 0 fully saturated rings. The average Bonchev–Trinajstić information content (AvgIpc) is 3.02. The van der Waals surface area contributed by atoms with E-state index in [9.17, 15) is 14.9 Å². The molecule has 156 valence electrons. The van der Waals surface area contributed by atoms with Crippen LogP contribution >= 0.6 is 0 Å². The largest absolute Gasteiger partial charge is 0.319 e. The predicted molar refractivity (Wildman–Crippen MR) is 116 cm³/mol. The summed E-state index contributed by atoms with van der Waals surface area (Å²) in [4.78, 5) is 25.3. The van der Waals surface area contributed by atoms with Crippen LogP contribution in [0.3, 0.4) is 0 Å². The fourth-order valence-electron chi connectivity index (χ4n) is 3.29. The standard InChI is InChI=1S/C22H25N5O3/c1-15-19(16(2)26(24-15)18-10-6-5-7-11-18)14-25(4)17(3)22(28)23-20-12-8-9-13-21(20)27(29)30/h5-13,17H,14H2,1-4H3,(H,23,28)/t17-/m0/s1. The number of carbonyl (C=O) groups is 1. The molecule has 0 aliphatic rings. The van der Waals surface area contributed by atoms with E-state index in [2.05, 4.69) is 10.4 Å². The number of carbonyl (C=O) groups excluding carboxylic acids is 1. The number of amides is 1. The van der Waals surface area contributed by atoms with Crippen molar-refractivity contribution in [3.05, 3.63) is 81.7 Å². The number of anilines is 1. The maximum atomic E-state index is 12.7. The van der Waals surface area contributed by atoms with Gasteiger partial charge in [0, 0.05) is 23.9 Å². The number of nitrogens with zero attached hydrogens (tertiary/aromatic N) is 4. The van der Waals surface area contributed by atoms with Crippen molar-refractivity contribution in [1.29, 1.82) is 0 Å². The van der Waals surface area contributed by atoms with E-state index in [4.69, 9.17) is 0 Å². The lowest BCUT2D eigenvalue weighted by Gasteiger charge is -2.24. The van der Waals surface area contributed by atoms with Gasteiger partial charge in [0.15, 0.2) is 0 Å². The molecule has 2 aromatic carbocycles. The van der Waals surface area contributed by atoms with Crippen molar-refractivity contribution in [2.24, 2.45) is 0 Å². The Morgan fingerprint density at radius 3 is 2.47 bits per heavy atom. The summed E-state index contributed by atoms with van der Waals surface area (Å²) < 4.78 is 1.90. The monoisotopic (exact) mass is 407 g/mol. The van der Waals surface area contributed by atoms with Crippen molar-refractivity contribution in [2.45, 2.75) is 33.4 Å². The zero-order valence-corrected chi connectivity index (χ0v) is 17.5. The number of hydrogen-bond donors (Lipinski definition) is 1. The van der Waals surface area contributed by atoms with Crippen LogP contribution < -0.4 is 5.32 Å². The summed E-state index contributed by atoms with van der Waals surface area (Å²) in [6, 6.07) is 15.5. The van der Waals surface area contributed by atoms with E-state index in [0.717, 1.165) is 22.6 Å².